The quantitative estimate of drug-likeness (QED) is 0.941. The fourth-order valence-electron chi connectivity index (χ4n) is 3.88. The first kappa shape index (κ1) is 14.5. The number of ether oxygens (including phenoxy) is 1. The van der Waals surface area contributed by atoms with Crippen LogP contribution >= 0.6 is 0 Å². The van der Waals surface area contributed by atoms with Crippen LogP contribution in [0.15, 0.2) is 29.1 Å². The highest BCUT2D eigenvalue weighted by molar-refractivity contribution is 5.98. The Morgan fingerprint density at radius 2 is 2.22 bits per heavy atom. The van der Waals surface area contributed by atoms with E-state index in [1.54, 1.807) is 17.7 Å². The number of aromatic nitrogens is 1. The molecule has 2 aliphatic rings. The number of methoxy groups -OCH3 is 1. The van der Waals surface area contributed by atoms with Gasteiger partial charge >= 0.3 is 0 Å². The van der Waals surface area contributed by atoms with Crippen LogP contribution in [-0.4, -0.2) is 29.7 Å². The van der Waals surface area contributed by atoms with E-state index in [1.807, 2.05) is 12.1 Å². The molecule has 1 aliphatic carbocycles. The number of aryl methyl sites for hydroxylation is 2. The van der Waals surface area contributed by atoms with Crippen molar-refractivity contribution >= 4 is 16.8 Å². The average molecular weight is 312 g/mol. The van der Waals surface area contributed by atoms with Gasteiger partial charge in [-0.1, -0.05) is 18.2 Å². The first-order chi connectivity index (χ1) is 11.2. The number of carbonyl (C=O) groups excluding carboxylic acids is 1. The van der Waals surface area contributed by atoms with E-state index in [4.69, 9.17) is 4.74 Å². The molecule has 4 rings (SSSR count). The van der Waals surface area contributed by atoms with Gasteiger partial charge < -0.3 is 14.6 Å². The molecule has 2 aromatic rings. The van der Waals surface area contributed by atoms with Gasteiger partial charge in [-0.3, -0.25) is 9.59 Å². The summed E-state index contributed by atoms with van der Waals surface area (Å²) >= 11 is 0. The minimum absolute atomic E-state index is 0.0902. The van der Waals surface area contributed by atoms with E-state index in [0.29, 0.717) is 6.54 Å². The largest absolute Gasteiger partial charge is 0.381 e. The van der Waals surface area contributed by atoms with Crippen LogP contribution in [0, 0.1) is 0 Å². The summed E-state index contributed by atoms with van der Waals surface area (Å²) < 4.78 is 7.08. The summed E-state index contributed by atoms with van der Waals surface area (Å²) in [5, 5.41) is 3.96. The number of amides is 1. The van der Waals surface area contributed by atoms with E-state index in [2.05, 4.69) is 11.4 Å². The molecule has 1 amide bonds. The number of benzene rings is 1. The van der Waals surface area contributed by atoms with Gasteiger partial charge in [-0.25, -0.2) is 0 Å². The van der Waals surface area contributed by atoms with Gasteiger partial charge in [0, 0.05) is 19.7 Å². The Hall–Kier alpha value is -2.14. The van der Waals surface area contributed by atoms with Crippen molar-refractivity contribution in [1.29, 1.82) is 0 Å². The maximum atomic E-state index is 12.7. The molecule has 0 radical (unpaired) electrons. The Kier molecular flexibility index (Phi) is 3.45. The van der Waals surface area contributed by atoms with Crippen molar-refractivity contribution in [2.24, 2.45) is 0 Å². The molecular formula is C18H20N2O3. The predicted molar refractivity (Wildman–Crippen MR) is 87.8 cm³/mol. The molecule has 1 aliphatic heterocycles. The summed E-state index contributed by atoms with van der Waals surface area (Å²) in [6.45, 7) is 0.658. The van der Waals surface area contributed by atoms with Gasteiger partial charge in [0.25, 0.3) is 11.5 Å². The fourth-order valence-corrected chi connectivity index (χ4v) is 3.88. The summed E-state index contributed by atoms with van der Waals surface area (Å²) in [6.07, 6.45) is 3.73. The Bertz CT molecular complexity index is 840. The van der Waals surface area contributed by atoms with Crippen molar-refractivity contribution in [3.05, 3.63) is 45.7 Å². The second-order valence-electron chi connectivity index (χ2n) is 6.46. The number of carbonyl (C=O) groups is 1. The fraction of sp³-hybridized carbons (Fsp3) is 0.444. The first-order valence-corrected chi connectivity index (χ1v) is 8.16. The maximum Gasteiger partial charge on any atom is 0.263 e. The lowest BCUT2D eigenvalue weighted by Crippen LogP contribution is -2.38. The second-order valence-corrected chi connectivity index (χ2v) is 6.46. The third-order valence-electron chi connectivity index (χ3n) is 5.10. The van der Waals surface area contributed by atoms with E-state index in [1.165, 1.54) is 5.56 Å². The van der Waals surface area contributed by atoms with Crippen LogP contribution in [-0.2, 0) is 17.7 Å². The SMILES string of the molecule is CO[C@@H]1CC[C@H](NC(=O)c2cc3cccc4c3n(c2=O)CC4)C1. The molecule has 2 atom stereocenters. The monoisotopic (exact) mass is 312 g/mol. The number of hydrogen-bond donors (Lipinski definition) is 1. The molecule has 120 valence electrons. The Labute approximate surface area is 134 Å². The van der Waals surface area contributed by atoms with Crippen molar-refractivity contribution in [2.45, 2.75) is 44.4 Å². The topological polar surface area (TPSA) is 60.3 Å². The van der Waals surface area contributed by atoms with Crippen molar-refractivity contribution < 1.29 is 9.53 Å². The van der Waals surface area contributed by atoms with Crippen LogP contribution in [0.3, 0.4) is 0 Å². The summed E-state index contributed by atoms with van der Waals surface area (Å²) in [4.78, 5) is 25.2. The summed E-state index contributed by atoms with van der Waals surface area (Å²) in [6, 6.07) is 7.83. The molecule has 1 N–H and O–H groups in total. The lowest BCUT2D eigenvalue weighted by Gasteiger charge is -2.14. The summed E-state index contributed by atoms with van der Waals surface area (Å²) in [7, 11) is 1.70. The zero-order chi connectivity index (χ0) is 16.0. The summed E-state index contributed by atoms with van der Waals surface area (Å²) in [5.41, 5.74) is 2.23. The van der Waals surface area contributed by atoms with Crippen molar-refractivity contribution in [3.63, 3.8) is 0 Å². The van der Waals surface area contributed by atoms with Gasteiger partial charge in [0.15, 0.2) is 0 Å². The maximum absolute atomic E-state index is 12.7. The van der Waals surface area contributed by atoms with E-state index >= 15 is 0 Å². The Morgan fingerprint density at radius 1 is 1.35 bits per heavy atom. The number of hydrogen-bond acceptors (Lipinski definition) is 3. The first-order valence-electron chi connectivity index (χ1n) is 8.16. The van der Waals surface area contributed by atoms with Crippen LogP contribution in [0.2, 0.25) is 0 Å². The molecule has 1 fully saturated rings. The minimum Gasteiger partial charge on any atom is -0.381 e. The highest BCUT2D eigenvalue weighted by atomic mass is 16.5. The number of para-hydroxylation sites is 1. The van der Waals surface area contributed by atoms with Crippen LogP contribution in [0.5, 0.6) is 0 Å². The van der Waals surface area contributed by atoms with Gasteiger partial charge in [0.2, 0.25) is 0 Å². The number of pyridine rings is 1. The molecule has 5 nitrogen and oxygen atoms in total. The molecule has 0 spiro atoms. The van der Waals surface area contributed by atoms with Gasteiger partial charge in [0.1, 0.15) is 5.56 Å². The van der Waals surface area contributed by atoms with Crippen molar-refractivity contribution in [2.75, 3.05) is 7.11 Å². The molecule has 1 saturated carbocycles. The predicted octanol–water partition coefficient (Wildman–Crippen LogP) is 1.85. The Balaban J connectivity index is 1.66. The molecule has 23 heavy (non-hydrogen) atoms. The van der Waals surface area contributed by atoms with Crippen molar-refractivity contribution in [1.82, 2.24) is 9.88 Å². The van der Waals surface area contributed by atoms with E-state index in [0.717, 1.165) is 36.6 Å². The van der Waals surface area contributed by atoms with Crippen molar-refractivity contribution in [3.8, 4) is 0 Å². The lowest BCUT2D eigenvalue weighted by atomic mass is 10.1. The van der Waals surface area contributed by atoms with E-state index in [9.17, 15) is 9.59 Å². The summed E-state index contributed by atoms with van der Waals surface area (Å²) in [5.74, 6) is -0.264. The molecule has 0 saturated heterocycles. The van der Waals surface area contributed by atoms with Gasteiger partial charge in [-0.15, -0.1) is 0 Å². The number of nitrogens with zero attached hydrogens (tertiary/aromatic N) is 1. The minimum atomic E-state index is -0.264. The normalized spacial score (nSPS) is 22.7. The van der Waals surface area contributed by atoms with E-state index < -0.39 is 0 Å². The zero-order valence-corrected chi connectivity index (χ0v) is 13.2. The van der Waals surface area contributed by atoms with E-state index in [-0.39, 0.29) is 29.2 Å². The standard InChI is InChI=1S/C18H20N2O3/c1-23-14-6-5-13(10-14)19-17(21)15-9-12-4-2-3-11-7-8-20(16(11)12)18(15)22/h2-4,9,13-14H,5-8,10H2,1H3,(H,19,21)/t13-,14+/m0/s1. The molecule has 1 aromatic carbocycles. The molecule has 5 heteroatoms. The third-order valence-corrected chi connectivity index (χ3v) is 5.10. The molecular weight excluding hydrogens is 292 g/mol. The number of nitrogens with one attached hydrogen (secondary N) is 1. The smallest absolute Gasteiger partial charge is 0.263 e. The lowest BCUT2D eigenvalue weighted by molar-refractivity contribution is 0.0913. The van der Waals surface area contributed by atoms with Crippen LogP contribution in [0.25, 0.3) is 10.9 Å². The van der Waals surface area contributed by atoms with Gasteiger partial charge in [-0.05, 0) is 42.7 Å². The van der Waals surface area contributed by atoms with Crippen LogP contribution < -0.4 is 10.9 Å². The van der Waals surface area contributed by atoms with Crippen LogP contribution in [0.4, 0.5) is 0 Å². The highest BCUT2D eigenvalue weighted by Gasteiger charge is 2.27. The molecule has 0 bridgehead atoms. The third kappa shape index (κ3) is 2.36. The van der Waals surface area contributed by atoms with Gasteiger partial charge in [-0.2, -0.15) is 0 Å². The highest BCUT2D eigenvalue weighted by Crippen LogP contribution is 2.25. The van der Waals surface area contributed by atoms with Gasteiger partial charge in [0.05, 0.1) is 11.6 Å². The molecule has 2 heterocycles. The Morgan fingerprint density at radius 3 is 3.00 bits per heavy atom. The molecule has 1 aromatic heterocycles. The number of rotatable bonds is 3. The van der Waals surface area contributed by atoms with Crippen LogP contribution in [0.1, 0.15) is 35.2 Å². The average Bonchev–Trinajstić information content (AvgIpc) is 3.18. The second kappa shape index (κ2) is 5.49. The zero-order valence-electron chi connectivity index (χ0n) is 13.2. The molecule has 0 unspecified atom stereocenters.